The predicted octanol–water partition coefficient (Wildman–Crippen LogP) is 5.77. The van der Waals surface area contributed by atoms with Gasteiger partial charge in [0.25, 0.3) is 0 Å². The van der Waals surface area contributed by atoms with Crippen LogP contribution in [0.1, 0.15) is 11.3 Å². The van der Waals surface area contributed by atoms with E-state index >= 15 is 0 Å². The number of hydrogen-bond donors (Lipinski definition) is 0. The molecular weight excluding hydrogens is 449 g/mol. The zero-order valence-electron chi connectivity index (χ0n) is 13.7. The van der Waals surface area contributed by atoms with Gasteiger partial charge in [0.1, 0.15) is 20.7 Å². The Morgan fingerprint density at radius 3 is 2.30 bits per heavy atom. The fourth-order valence-corrected chi connectivity index (χ4v) is 3.84. The average molecular weight is 461 g/mol. The van der Waals surface area contributed by atoms with Crippen molar-refractivity contribution in [2.75, 3.05) is 0 Å². The predicted molar refractivity (Wildman–Crippen MR) is 97.6 cm³/mol. The highest BCUT2D eigenvalue weighted by Gasteiger charge is 2.42. The third kappa shape index (κ3) is 4.19. The number of benzene rings is 2. The van der Waals surface area contributed by atoms with E-state index in [1.807, 2.05) is 0 Å². The first kappa shape index (κ1) is 19.5. The zero-order valence-corrected chi connectivity index (χ0v) is 16.2. The molecule has 0 spiro atoms. The van der Waals surface area contributed by atoms with Crippen LogP contribution in [-0.4, -0.2) is 14.6 Å². The summed E-state index contributed by atoms with van der Waals surface area (Å²) in [5.41, 5.74) is 1.11. The zero-order chi connectivity index (χ0) is 19.8. The first-order valence-electron chi connectivity index (χ1n) is 7.55. The van der Waals surface area contributed by atoms with E-state index in [9.17, 15) is 21.6 Å². The maximum atomic E-state index is 13.5. The second-order valence-corrected chi connectivity index (χ2v) is 7.98. The van der Waals surface area contributed by atoms with Crippen molar-refractivity contribution in [2.24, 2.45) is 0 Å². The van der Waals surface area contributed by atoms with E-state index in [4.69, 9.17) is 4.42 Å². The molecule has 9 heteroatoms. The summed E-state index contributed by atoms with van der Waals surface area (Å²) in [7, 11) is -4.69. The Morgan fingerprint density at radius 1 is 1.07 bits per heavy atom. The van der Waals surface area contributed by atoms with Crippen LogP contribution < -0.4 is 0 Å². The maximum Gasteiger partial charge on any atom is 0.452 e. The Kier molecular flexibility index (Phi) is 5.09. The molecule has 0 aliphatic rings. The summed E-state index contributed by atoms with van der Waals surface area (Å²) >= 11 is 2.78. The van der Waals surface area contributed by atoms with Gasteiger partial charge in [-0.25, -0.2) is 0 Å². The molecule has 0 N–H and O–H groups in total. The fourth-order valence-electron chi connectivity index (χ4n) is 2.27. The van der Waals surface area contributed by atoms with Crippen molar-refractivity contribution in [3.8, 4) is 0 Å². The number of hydrogen-bond acceptors (Lipinski definition) is 4. The Bertz CT molecular complexity index is 1080. The van der Waals surface area contributed by atoms with Crippen molar-refractivity contribution in [1.82, 2.24) is 0 Å². The molecule has 3 rings (SSSR count). The minimum atomic E-state index is -5.07. The second kappa shape index (κ2) is 7.05. The number of halogens is 4. The minimum Gasteiger partial charge on any atom is -0.455 e. The molecular formula is C18H12BrF3O4S. The van der Waals surface area contributed by atoms with Gasteiger partial charge in [-0.05, 0) is 47.1 Å². The number of rotatable bonds is 4. The third-order valence-electron chi connectivity index (χ3n) is 3.60. The van der Waals surface area contributed by atoms with Gasteiger partial charge < -0.3 is 8.60 Å². The SMILES string of the molecule is Cc1ccc(S(=O)(=O)O/C(=C(\Br)c2cc3ccccc3o2)C(F)(F)F)cc1. The smallest absolute Gasteiger partial charge is 0.452 e. The van der Waals surface area contributed by atoms with Crippen molar-refractivity contribution in [3.05, 3.63) is 71.7 Å². The number of alkyl halides is 3. The summed E-state index contributed by atoms with van der Waals surface area (Å²) in [5.74, 6) is -1.93. The highest BCUT2D eigenvalue weighted by molar-refractivity contribution is 9.15. The highest BCUT2D eigenvalue weighted by atomic mass is 79.9. The quantitative estimate of drug-likeness (QED) is 0.366. The molecule has 0 atom stereocenters. The van der Waals surface area contributed by atoms with Gasteiger partial charge in [0.05, 0.1) is 0 Å². The molecule has 2 aromatic carbocycles. The molecule has 0 fully saturated rings. The standard InChI is InChI=1S/C18H12BrF3O4S/c1-11-6-8-13(9-7-11)27(23,24)26-17(18(20,21)22)16(19)15-10-12-4-2-3-5-14(12)25-15/h2-10H,1H3/b17-16-. The first-order valence-corrected chi connectivity index (χ1v) is 9.75. The molecule has 0 radical (unpaired) electrons. The Balaban J connectivity index is 2.08. The number of allylic oxidation sites excluding steroid dienone is 1. The van der Waals surface area contributed by atoms with Crippen LogP contribution in [0.5, 0.6) is 0 Å². The lowest BCUT2D eigenvalue weighted by atomic mass is 10.2. The van der Waals surface area contributed by atoms with Gasteiger partial charge in [0.2, 0.25) is 5.76 Å². The van der Waals surface area contributed by atoms with Crippen molar-refractivity contribution < 1.29 is 30.2 Å². The van der Waals surface area contributed by atoms with Crippen molar-refractivity contribution in [2.45, 2.75) is 18.0 Å². The molecule has 0 saturated carbocycles. The molecule has 4 nitrogen and oxygen atoms in total. The largest absolute Gasteiger partial charge is 0.455 e. The van der Waals surface area contributed by atoms with Crippen molar-refractivity contribution >= 4 is 41.5 Å². The van der Waals surface area contributed by atoms with E-state index in [1.165, 1.54) is 30.3 Å². The molecule has 0 unspecified atom stereocenters. The summed E-state index contributed by atoms with van der Waals surface area (Å²) in [4.78, 5) is -0.389. The Morgan fingerprint density at radius 2 is 1.70 bits per heavy atom. The second-order valence-electron chi connectivity index (χ2n) is 5.64. The van der Waals surface area contributed by atoms with E-state index in [0.29, 0.717) is 11.0 Å². The number of para-hydroxylation sites is 1. The van der Waals surface area contributed by atoms with Gasteiger partial charge in [0.15, 0.2) is 0 Å². The van der Waals surface area contributed by atoms with Gasteiger partial charge in [-0.2, -0.15) is 21.6 Å². The summed E-state index contributed by atoms with van der Waals surface area (Å²) < 4.78 is 74.3. The van der Waals surface area contributed by atoms with Crippen LogP contribution >= 0.6 is 15.9 Å². The van der Waals surface area contributed by atoms with Gasteiger partial charge in [-0.15, -0.1) is 0 Å². The van der Waals surface area contributed by atoms with E-state index in [2.05, 4.69) is 20.1 Å². The highest BCUT2D eigenvalue weighted by Crippen LogP contribution is 2.40. The Hall–Kier alpha value is -2.26. The van der Waals surface area contributed by atoms with Crippen LogP contribution in [0.3, 0.4) is 0 Å². The number of fused-ring (bicyclic) bond motifs is 1. The monoisotopic (exact) mass is 460 g/mol. The van der Waals surface area contributed by atoms with Crippen LogP contribution in [0.15, 0.2) is 69.7 Å². The van der Waals surface area contributed by atoms with Crippen molar-refractivity contribution in [1.29, 1.82) is 0 Å². The minimum absolute atomic E-state index is 0.206. The lowest BCUT2D eigenvalue weighted by molar-refractivity contribution is -0.114. The van der Waals surface area contributed by atoms with Crippen molar-refractivity contribution in [3.63, 3.8) is 0 Å². The molecule has 1 aromatic heterocycles. The normalized spacial score (nSPS) is 13.5. The third-order valence-corrected chi connectivity index (χ3v) is 5.59. The van der Waals surface area contributed by atoms with Crippen LogP contribution in [0.2, 0.25) is 0 Å². The lowest BCUT2D eigenvalue weighted by Crippen LogP contribution is -2.19. The molecule has 142 valence electrons. The topological polar surface area (TPSA) is 56.5 Å². The molecule has 0 bridgehead atoms. The van der Waals surface area contributed by atoms with Gasteiger partial charge in [0, 0.05) is 5.39 Å². The summed E-state index contributed by atoms with van der Waals surface area (Å²) in [5, 5.41) is 0.562. The molecule has 0 amide bonds. The summed E-state index contributed by atoms with van der Waals surface area (Å²) in [6.07, 6.45) is -5.07. The molecule has 3 aromatic rings. The molecule has 0 saturated heterocycles. The molecule has 0 aliphatic carbocycles. The van der Waals surface area contributed by atoms with Crippen LogP contribution in [0.4, 0.5) is 13.2 Å². The average Bonchev–Trinajstić information content (AvgIpc) is 3.03. The molecule has 1 heterocycles. The van der Waals surface area contributed by atoms with Gasteiger partial charge in [-0.3, -0.25) is 0 Å². The summed E-state index contributed by atoms with van der Waals surface area (Å²) in [6.45, 7) is 1.72. The number of furan rings is 1. The van der Waals surface area contributed by atoms with E-state index in [0.717, 1.165) is 5.56 Å². The lowest BCUT2D eigenvalue weighted by Gasteiger charge is -2.15. The first-order chi connectivity index (χ1) is 12.6. The van der Waals surface area contributed by atoms with Crippen LogP contribution in [0, 0.1) is 6.92 Å². The van der Waals surface area contributed by atoms with Gasteiger partial charge >= 0.3 is 16.3 Å². The summed E-state index contributed by atoms with van der Waals surface area (Å²) in [6, 6.07) is 13.2. The number of aryl methyl sites for hydroxylation is 1. The van der Waals surface area contributed by atoms with Crippen LogP contribution in [-0.2, 0) is 14.3 Å². The molecule has 0 aliphatic heterocycles. The van der Waals surface area contributed by atoms with E-state index in [1.54, 1.807) is 31.2 Å². The van der Waals surface area contributed by atoms with E-state index < -0.39 is 26.5 Å². The van der Waals surface area contributed by atoms with Gasteiger partial charge in [-0.1, -0.05) is 35.9 Å². The van der Waals surface area contributed by atoms with Crippen LogP contribution in [0.25, 0.3) is 15.5 Å². The Labute approximate surface area is 161 Å². The fraction of sp³-hybridized carbons (Fsp3) is 0.111. The maximum absolute atomic E-state index is 13.5. The van der Waals surface area contributed by atoms with E-state index in [-0.39, 0.29) is 10.7 Å². The molecule has 27 heavy (non-hydrogen) atoms.